The Hall–Kier alpha value is -6.31. The van der Waals surface area contributed by atoms with Crippen LogP contribution in [0.3, 0.4) is 0 Å². The molecule has 1 saturated heterocycles. The van der Waals surface area contributed by atoms with E-state index in [1.165, 1.54) is 12.2 Å². The zero-order valence-electron chi connectivity index (χ0n) is 51.7. The molecule has 0 spiro atoms. The van der Waals surface area contributed by atoms with Crippen molar-refractivity contribution in [3.63, 3.8) is 0 Å². The van der Waals surface area contributed by atoms with Crippen molar-refractivity contribution < 1.29 is 52.6 Å². The number of imide groups is 1. The molecule has 0 saturated carbocycles. The van der Waals surface area contributed by atoms with E-state index in [0.29, 0.717) is 77.5 Å². The fourth-order valence-electron chi connectivity index (χ4n) is 11.7. The van der Waals surface area contributed by atoms with Crippen molar-refractivity contribution in [2.45, 2.75) is 182 Å². The molecule has 0 aliphatic carbocycles. The van der Waals surface area contributed by atoms with Crippen molar-refractivity contribution in [2.24, 2.45) is 35.5 Å². The number of nitrogens with one attached hydrogen (secondary N) is 4. The van der Waals surface area contributed by atoms with Crippen LogP contribution < -0.4 is 21.5 Å². The Bertz CT molecular complexity index is 2440. The predicted molar refractivity (Wildman–Crippen MR) is 319 cm³/mol. The number of hydrogen-bond acceptors (Lipinski definition) is 12. The Morgan fingerprint density at radius 1 is 0.711 bits per heavy atom. The summed E-state index contributed by atoms with van der Waals surface area (Å²) < 4.78 is 12.3. The molecule has 0 radical (unpaired) electrons. The van der Waals surface area contributed by atoms with Gasteiger partial charge in [-0.2, -0.15) is 0 Å². The van der Waals surface area contributed by atoms with Crippen LogP contribution >= 0.6 is 0 Å². The van der Waals surface area contributed by atoms with Gasteiger partial charge in [-0.3, -0.25) is 63.8 Å². The van der Waals surface area contributed by atoms with Gasteiger partial charge in [-0.25, -0.2) is 0 Å². The normalized spacial score (nSPS) is 17.6. The van der Waals surface area contributed by atoms with E-state index < -0.39 is 42.2 Å². The first-order valence-corrected chi connectivity index (χ1v) is 30.2. The lowest BCUT2D eigenvalue weighted by molar-refractivity contribution is -0.144. The molecule has 4 rings (SSSR count). The molecule has 83 heavy (non-hydrogen) atoms. The molecule has 1 fully saturated rings. The first kappa shape index (κ1) is 69.2. The fourth-order valence-corrected chi connectivity index (χ4v) is 11.7. The van der Waals surface area contributed by atoms with Crippen molar-refractivity contribution in [1.82, 2.24) is 41.1 Å². The molecule has 19 nitrogen and oxygen atoms in total. The molecular formula is C64H98N8O11. The number of amides is 8. The third kappa shape index (κ3) is 21.4. The van der Waals surface area contributed by atoms with E-state index in [4.69, 9.17) is 9.47 Å². The van der Waals surface area contributed by atoms with Crippen molar-refractivity contribution in [1.29, 1.82) is 0 Å². The highest BCUT2D eigenvalue weighted by atomic mass is 16.5. The molecule has 2 aliphatic heterocycles. The van der Waals surface area contributed by atoms with E-state index >= 15 is 0 Å². The molecule has 19 heteroatoms. The summed E-state index contributed by atoms with van der Waals surface area (Å²) in [6, 6.07) is 16.7. The number of hydrazine groups is 1. The van der Waals surface area contributed by atoms with Crippen LogP contribution in [-0.4, -0.2) is 157 Å². The van der Waals surface area contributed by atoms with Gasteiger partial charge >= 0.3 is 0 Å². The fraction of sp³-hybridized carbons (Fsp3) is 0.641. The van der Waals surface area contributed by atoms with E-state index in [1.54, 1.807) is 33.1 Å². The zero-order valence-corrected chi connectivity index (χ0v) is 51.7. The van der Waals surface area contributed by atoms with Gasteiger partial charge < -0.3 is 29.9 Å². The first-order chi connectivity index (χ1) is 39.5. The van der Waals surface area contributed by atoms with E-state index in [1.807, 2.05) is 112 Å². The van der Waals surface area contributed by atoms with Crippen LogP contribution in [0.25, 0.3) is 0 Å². The highest BCUT2D eigenvalue weighted by Gasteiger charge is 2.42. The smallest absolute Gasteiger partial charge is 0.253 e. The lowest BCUT2D eigenvalue weighted by Crippen LogP contribution is -2.55. The van der Waals surface area contributed by atoms with Gasteiger partial charge in [-0.05, 0) is 93.3 Å². The average Bonchev–Trinajstić information content (AvgIpc) is 4.20. The summed E-state index contributed by atoms with van der Waals surface area (Å²) in [7, 11) is 6.74. The summed E-state index contributed by atoms with van der Waals surface area (Å²) >= 11 is 0. The maximum atomic E-state index is 14.5. The Labute approximate surface area is 494 Å². The molecule has 2 heterocycles. The highest BCUT2D eigenvalue weighted by molar-refractivity contribution is 6.12. The molecule has 0 bridgehead atoms. The van der Waals surface area contributed by atoms with Crippen LogP contribution in [-0.2, 0) is 65.6 Å². The van der Waals surface area contributed by atoms with Gasteiger partial charge in [-0.15, -0.1) is 0 Å². The number of unbranched alkanes of at least 4 members (excludes halogenated alkanes) is 2. The molecule has 460 valence electrons. The predicted octanol–water partition coefficient (Wildman–Crippen LogP) is 6.58. The maximum Gasteiger partial charge on any atom is 0.253 e. The summed E-state index contributed by atoms with van der Waals surface area (Å²) in [4.78, 5) is 126. The van der Waals surface area contributed by atoms with Crippen LogP contribution in [0.1, 0.15) is 144 Å². The summed E-state index contributed by atoms with van der Waals surface area (Å²) in [5, 5.41) is 6.17. The molecule has 10 atom stereocenters. The minimum Gasteiger partial charge on any atom is -0.381 e. The van der Waals surface area contributed by atoms with Gasteiger partial charge in [0.2, 0.25) is 35.4 Å². The number of likely N-dealkylation sites (tertiary alicyclic amines) is 1. The number of hydrogen-bond donors (Lipinski definition) is 4. The van der Waals surface area contributed by atoms with Crippen molar-refractivity contribution in [3.05, 3.63) is 83.9 Å². The van der Waals surface area contributed by atoms with E-state index in [9.17, 15) is 43.2 Å². The highest BCUT2D eigenvalue weighted by Crippen LogP contribution is 2.33. The molecule has 4 N–H and O–H groups in total. The summed E-state index contributed by atoms with van der Waals surface area (Å²) in [6.45, 7) is 17.2. The molecule has 2 aromatic carbocycles. The SMILES string of the molecule is CCC(C)C(CCC(C)C(=O)C(NC(=O)C(C(C)C)N(C)CCCC(=O)NNC(=O)CCCCCN1C(=O)C=CC1=O)C(C)C)C(CC(=O)N1CCCC1C(OC)C(C)C(=O)NC(Cc1ccccc1)C(=O)N(C)Cc1ccccc1)OC. The van der Waals surface area contributed by atoms with Gasteiger partial charge in [-0.1, -0.05) is 129 Å². The van der Waals surface area contributed by atoms with Gasteiger partial charge in [0.1, 0.15) is 6.04 Å². The molecule has 8 amide bonds. The number of nitrogens with zero attached hydrogens (tertiary/aromatic N) is 4. The summed E-state index contributed by atoms with van der Waals surface area (Å²) in [5.41, 5.74) is 6.77. The maximum absolute atomic E-state index is 14.5. The Morgan fingerprint density at radius 3 is 1.88 bits per heavy atom. The van der Waals surface area contributed by atoms with Crippen LogP contribution in [0.5, 0.6) is 0 Å². The number of likely N-dealkylation sites (N-methyl/N-ethyl adjacent to an activating group) is 2. The van der Waals surface area contributed by atoms with Crippen LogP contribution in [0, 0.1) is 35.5 Å². The Kier molecular flexibility index (Phi) is 29.3. The van der Waals surface area contributed by atoms with Crippen molar-refractivity contribution >= 4 is 53.0 Å². The average molecular weight is 1160 g/mol. The van der Waals surface area contributed by atoms with Gasteiger partial charge in [0.15, 0.2) is 5.78 Å². The molecule has 2 aliphatic rings. The second kappa shape index (κ2) is 35.1. The van der Waals surface area contributed by atoms with Crippen molar-refractivity contribution in [3.8, 4) is 0 Å². The lowest BCUT2D eigenvalue weighted by Gasteiger charge is -2.36. The molecular weight excluding hydrogens is 1060 g/mol. The standard InChI is InChI=1S/C64H98N8O11/c1-13-44(6)49(33-32-45(7)60(78)58(42(2)3)66-63(80)59(43(4)5)69(9)36-24-31-54(74)68-67-53(73)30-21-16-22-37-72-55(75)34-35-56(72)76)52(82-11)40-57(77)71-38-23-29-51(71)61(83-12)46(8)62(79)65-50(39-47-25-17-14-18-26-47)64(81)70(10)41-48-27-19-15-20-28-48/h14-15,17-20,25-28,34-35,42-46,49-52,58-59,61H,13,16,21-24,29-33,36-41H2,1-12H3,(H,65,79)(H,66,80)(H,67,73)(H,68,74). The quantitative estimate of drug-likeness (QED) is 0.0322. The van der Waals surface area contributed by atoms with Crippen LogP contribution in [0.15, 0.2) is 72.8 Å². The first-order valence-electron chi connectivity index (χ1n) is 30.2. The second-order valence-electron chi connectivity index (χ2n) is 23.7. The molecule has 10 unspecified atom stereocenters. The largest absolute Gasteiger partial charge is 0.381 e. The summed E-state index contributed by atoms with van der Waals surface area (Å²) in [6.07, 6.45) is 7.52. The minimum atomic E-state index is -0.836. The zero-order chi connectivity index (χ0) is 61.3. The van der Waals surface area contributed by atoms with Gasteiger partial charge in [0, 0.05) is 78.2 Å². The monoisotopic (exact) mass is 1150 g/mol. The molecule has 2 aromatic rings. The number of carbonyl (C=O) groups excluding carboxylic acids is 9. The second-order valence-corrected chi connectivity index (χ2v) is 23.7. The lowest BCUT2D eigenvalue weighted by atomic mass is 9.79. The van der Waals surface area contributed by atoms with Crippen LogP contribution in [0.4, 0.5) is 0 Å². The Morgan fingerprint density at radius 2 is 1.31 bits per heavy atom. The summed E-state index contributed by atoms with van der Waals surface area (Å²) in [5.74, 6) is -3.76. The molecule has 0 aromatic heterocycles. The number of rotatable bonds is 36. The minimum absolute atomic E-state index is 0.0703. The topological polar surface area (TPSA) is 233 Å². The number of benzene rings is 2. The number of ether oxygens (including phenoxy) is 2. The van der Waals surface area contributed by atoms with E-state index in [-0.39, 0.29) is 102 Å². The third-order valence-electron chi connectivity index (χ3n) is 16.8. The number of Topliss-reactive ketones (excluding diaryl/α,β-unsaturated/α-hetero) is 1. The van der Waals surface area contributed by atoms with E-state index in [0.717, 1.165) is 28.9 Å². The van der Waals surface area contributed by atoms with E-state index in [2.05, 4.69) is 35.3 Å². The van der Waals surface area contributed by atoms with Crippen LogP contribution in [0.2, 0.25) is 0 Å². The number of carbonyl (C=O) groups is 9. The Balaban J connectivity index is 1.31. The number of methoxy groups -OCH3 is 2. The van der Waals surface area contributed by atoms with Gasteiger partial charge in [0.05, 0.1) is 42.7 Å². The van der Waals surface area contributed by atoms with Crippen molar-refractivity contribution in [2.75, 3.05) is 47.9 Å². The number of ketones is 1. The third-order valence-corrected chi connectivity index (χ3v) is 16.8. The van der Waals surface area contributed by atoms with Gasteiger partial charge in [0.25, 0.3) is 11.8 Å².